The van der Waals surface area contributed by atoms with Crippen LogP contribution < -0.4 is 10.1 Å². The van der Waals surface area contributed by atoms with Crippen LogP contribution in [0.4, 0.5) is 0 Å². The molecule has 1 N–H and O–H groups in total. The van der Waals surface area contributed by atoms with Crippen LogP contribution in [0.15, 0.2) is 48.5 Å². The molecule has 0 aromatic heterocycles. The van der Waals surface area contributed by atoms with Crippen molar-refractivity contribution in [1.82, 2.24) is 5.32 Å². The van der Waals surface area contributed by atoms with Crippen LogP contribution >= 0.6 is 0 Å². The van der Waals surface area contributed by atoms with Gasteiger partial charge in [-0.2, -0.15) is 0 Å². The van der Waals surface area contributed by atoms with Gasteiger partial charge in [0.25, 0.3) is 0 Å². The van der Waals surface area contributed by atoms with E-state index in [0.717, 1.165) is 25.4 Å². The van der Waals surface area contributed by atoms with Crippen LogP contribution in [0, 0.1) is 0 Å². The molecule has 0 unspecified atom stereocenters. The lowest BCUT2D eigenvalue weighted by atomic mass is 9.87. The average Bonchev–Trinajstić information content (AvgIpc) is 2.59. The predicted octanol–water partition coefficient (Wildman–Crippen LogP) is 4.69. The minimum absolute atomic E-state index is 0.203. The number of ether oxygens (including phenoxy) is 2. The Kier molecular flexibility index (Phi) is 7.48. The van der Waals surface area contributed by atoms with Crippen LogP contribution in [0.3, 0.4) is 0 Å². The number of nitrogens with one attached hydrogen (secondary N) is 1. The van der Waals surface area contributed by atoms with E-state index < -0.39 is 0 Å². The van der Waals surface area contributed by atoms with Gasteiger partial charge in [-0.15, -0.1) is 0 Å². The Morgan fingerprint density at radius 2 is 1.60 bits per heavy atom. The summed E-state index contributed by atoms with van der Waals surface area (Å²) in [4.78, 5) is 0. The Bertz CT molecular complexity index is 629. The van der Waals surface area contributed by atoms with Crippen molar-refractivity contribution in [3.05, 3.63) is 65.2 Å². The first-order valence-electron chi connectivity index (χ1n) is 9.08. The monoisotopic (exact) mass is 341 g/mol. The smallest absolute Gasteiger partial charge is 0.119 e. The second kappa shape index (κ2) is 9.59. The minimum atomic E-state index is 0.203. The van der Waals surface area contributed by atoms with Crippen molar-refractivity contribution in [2.45, 2.75) is 46.2 Å². The Morgan fingerprint density at radius 3 is 2.28 bits per heavy atom. The van der Waals surface area contributed by atoms with Gasteiger partial charge in [-0.1, -0.05) is 57.2 Å². The Hall–Kier alpha value is -1.84. The maximum Gasteiger partial charge on any atom is 0.119 e. The van der Waals surface area contributed by atoms with Gasteiger partial charge in [0.1, 0.15) is 12.4 Å². The number of hydrogen-bond acceptors (Lipinski definition) is 3. The molecular weight excluding hydrogens is 310 g/mol. The summed E-state index contributed by atoms with van der Waals surface area (Å²) < 4.78 is 11.0. The molecule has 0 saturated heterocycles. The van der Waals surface area contributed by atoms with Gasteiger partial charge >= 0.3 is 0 Å². The summed E-state index contributed by atoms with van der Waals surface area (Å²) >= 11 is 0. The molecule has 0 fully saturated rings. The Labute approximate surface area is 152 Å². The van der Waals surface area contributed by atoms with Crippen molar-refractivity contribution in [2.24, 2.45) is 0 Å². The summed E-state index contributed by atoms with van der Waals surface area (Å²) in [5.41, 5.74) is 4.10. The predicted molar refractivity (Wildman–Crippen MR) is 104 cm³/mol. The SMILES string of the molecule is CCOCCOc1cccc(CNCc2ccc(C(C)(C)C)cc2)c1. The van der Waals surface area contributed by atoms with Gasteiger partial charge < -0.3 is 14.8 Å². The lowest BCUT2D eigenvalue weighted by Gasteiger charge is -2.19. The third-order valence-corrected chi connectivity index (χ3v) is 4.08. The number of benzene rings is 2. The highest BCUT2D eigenvalue weighted by atomic mass is 16.5. The highest BCUT2D eigenvalue weighted by molar-refractivity contribution is 5.29. The summed E-state index contributed by atoms with van der Waals surface area (Å²) in [5.74, 6) is 0.897. The summed E-state index contributed by atoms with van der Waals surface area (Å²) in [6.45, 7) is 12.3. The molecule has 0 radical (unpaired) electrons. The van der Waals surface area contributed by atoms with Crippen molar-refractivity contribution >= 4 is 0 Å². The van der Waals surface area contributed by atoms with Crippen molar-refractivity contribution in [2.75, 3.05) is 19.8 Å². The third-order valence-electron chi connectivity index (χ3n) is 4.08. The quantitative estimate of drug-likeness (QED) is 0.671. The Balaban J connectivity index is 1.79. The van der Waals surface area contributed by atoms with Gasteiger partial charge in [-0.05, 0) is 41.2 Å². The summed E-state index contributed by atoms with van der Waals surface area (Å²) in [6, 6.07) is 17.1. The molecule has 2 aromatic carbocycles. The molecule has 0 heterocycles. The van der Waals surface area contributed by atoms with E-state index in [-0.39, 0.29) is 5.41 Å². The molecule has 0 atom stereocenters. The fourth-order valence-electron chi connectivity index (χ4n) is 2.58. The van der Waals surface area contributed by atoms with E-state index in [2.05, 4.69) is 62.5 Å². The van der Waals surface area contributed by atoms with E-state index in [1.807, 2.05) is 19.1 Å². The molecule has 3 nitrogen and oxygen atoms in total. The highest BCUT2D eigenvalue weighted by Gasteiger charge is 2.12. The zero-order chi connectivity index (χ0) is 18.1. The fraction of sp³-hybridized carbons (Fsp3) is 0.455. The van der Waals surface area contributed by atoms with Crippen LogP contribution in [0.1, 0.15) is 44.4 Å². The molecule has 0 amide bonds. The number of rotatable bonds is 9. The zero-order valence-corrected chi connectivity index (χ0v) is 16.0. The molecule has 0 spiro atoms. The van der Waals surface area contributed by atoms with E-state index in [1.54, 1.807) is 0 Å². The van der Waals surface area contributed by atoms with E-state index in [9.17, 15) is 0 Å². The summed E-state index contributed by atoms with van der Waals surface area (Å²) in [7, 11) is 0. The van der Waals surface area contributed by atoms with Crippen LogP contribution in [0.25, 0.3) is 0 Å². The summed E-state index contributed by atoms with van der Waals surface area (Å²) in [5, 5.41) is 3.50. The van der Waals surface area contributed by atoms with E-state index in [0.29, 0.717) is 13.2 Å². The van der Waals surface area contributed by atoms with Gasteiger partial charge in [-0.3, -0.25) is 0 Å². The molecule has 0 saturated carbocycles. The van der Waals surface area contributed by atoms with Gasteiger partial charge in [0.05, 0.1) is 6.61 Å². The van der Waals surface area contributed by atoms with Crippen LogP contribution in [0.5, 0.6) is 5.75 Å². The van der Waals surface area contributed by atoms with E-state index >= 15 is 0 Å². The normalized spacial score (nSPS) is 11.5. The molecule has 0 aliphatic carbocycles. The van der Waals surface area contributed by atoms with E-state index in [1.165, 1.54) is 16.7 Å². The first-order valence-corrected chi connectivity index (χ1v) is 9.08. The van der Waals surface area contributed by atoms with Crippen LogP contribution in [0.2, 0.25) is 0 Å². The molecule has 2 rings (SSSR count). The van der Waals surface area contributed by atoms with Gasteiger partial charge in [0, 0.05) is 19.7 Å². The molecule has 2 aromatic rings. The maximum absolute atomic E-state index is 5.71. The van der Waals surface area contributed by atoms with E-state index in [4.69, 9.17) is 9.47 Å². The standard InChI is InChI=1S/C22H31NO2/c1-5-24-13-14-25-21-8-6-7-19(15-21)17-23-16-18-9-11-20(12-10-18)22(2,3)4/h6-12,15,23H,5,13-14,16-17H2,1-4H3. The average molecular weight is 341 g/mol. The molecular formula is C22H31NO2. The van der Waals surface area contributed by atoms with Gasteiger partial charge in [-0.25, -0.2) is 0 Å². The largest absolute Gasteiger partial charge is 0.491 e. The lowest BCUT2D eigenvalue weighted by Crippen LogP contribution is -2.14. The van der Waals surface area contributed by atoms with Crippen molar-refractivity contribution in [3.8, 4) is 5.75 Å². The molecule has 0 aliphatic heterocycles. The second-order valence-corrected chi connectivity index (χ2v) is 7.24. The first-order chi connectivity index (χ1) is 12.0. The lowest BCUT2D eigenvalue weighted by molar-refractivity contribution is 0.110. The molecule has 0 aliphatic rings. The molecule has 25 heavy (non-hydrogen) atoms. The number of hydrogen-bond donors (Lipinski definition) is 1. The zero-order valence-electron chi connectivity index (χ0n) is 16.0. The molecule has 0 bridgehead atoms. The molecule has 136 valence electrons. The fourth-order valence-corrected chi connectivity index (χ4v) is 2.58. The van der Waals surface area contributed by atoms with Crippen molar-refractivity contribution in [3.63, 3.8) is 0 Å². The minimum Gasteiger partial charge on any atom is -0.491 e. The topological polar surface area (TPSA) is 30.5 Å². The van der Waals surface area contributed by atoms with Gasteiger partial charge in [0.2, 0.25) is 0 Å². The maximum atomic E-state index is 5.71. The first kappa shape index (κ1) is 19.5. The van der Waals surface area contributed by atoms with Crippen LogP contribution in [-0.2, 0) is 23.2 Å². The van der Waals surface area contributed by atoms with Gasteiger partial charge in [0.15, 0.2) is 0 Å². The summed E-state index contributed by atoms with van der Waals surface area (Å²) in [6.07, 6.45) is 0. The third kappa shape index (κ3) is 6.89. The molecule has 3 heteroatoms. The van der Waals surface area contributed by atoms with Crippen LogP contribution in [-0.4, -0.2) is 19.8 Å². The van der Waals surface area contributed by atoms with Crippen molar-refractivity contribution < 1.29 is 9.47 Å². The second-order valence-electron chi connectivity index (χ2n) is 7.24. The van der Waals surface area contributed by atoms with Crippen molar-refractivity contribution in [1.29, 1.82) is 0 Å². The highest BCUT2D eigenvalue weighted by Crippen LogP contribution is 2.22. The Morgan fingerprint density at radius 1 is 0.880 bits per heavy atom.